The smallest absolute Gasteiger partial charge is 0.469 e. The molecule has 0 saturated heterocycles. The van der Waals surface area contributed by atoms with E-state index < -0.39 is 21.6 Å². The van der Waals surface area contributed by atoms with E-state index in [1.165, 1.54) is 13.2 Å². The van der Waals surface area contributed by atoms with Crippen LogP contribution >= 0.6 is 0 Å². The standard InChI is InChI=1S/C9H11F3O5S/c1-16-8(13)5-6-2-3-7(4-6)17-18(14,15)9(10,11)12/h4,6H,2-3,5H2,1H3. The van der Waals surface area contributed by atoms with Gasteiger partial charge in [-0.15, -0.1) is 0 Å². The highest BCUT2D eigenvalue weighted by Crippen LogP contribution is 2.33. The molecule has 104 valence electrons. The number of rotatable bonds is 4. The van der Waals surface area contributed by atoms with Gasteiger partial charge in [0.05, 0.1) is 13.5 Å². The lowest BCUT2D eigenvalue weighted by Gasteiger charge is -2.09. The number of hydrogen-bond donors (Lipinski definition) is 0. The largest absolute Gasteiger partial charge is 0.534 e. The second-order valence-electron chi connectivity index (χ2n) is 3.70. The average molecular weight is 288 g/mol. The predicted molar refractivity (Wildman–Crippen MR) is 53.5 cm³/mol. The summed E-state index contributed by atoms with van der Waals surface area (Å²) in [7, 11) is -4.44. The number of alkyl halides is 3. The third-order valence-electron chi connectivity index (χ3n) is 2.34. The molecule has 1 aliphatic carbocycles. The summed E-state index contributed by atoms with van der Waals surface area (Å²) in [5, 5.41) is 0. The van der Waals surface area contributed by atoms with Crippen LogP contribution in [0.1, 0.15) is 19.3 Å². The van der Waals surface area contributed by atoms with Gasteiger partial charge in [0.25, 0.3) is 0 Å². The Balaban J connectivity index is 2.66. The summed E-state index contributed by atoms with van der Waals surface area (Å²) in [4.78, 5) is 10.9. The van der Waals surface area contributed by atoms with Crippen LogP contribution in [0.3, 0.4) is 0 Å². The van der Waals surface area contributed by atoms with Crippen LogP contribution in [0, 0.1) is 5.92 Å². The number of esters is 1. The molecule has 1 aliphatic rings. The SMILES string of the molecule is COC(=O)CC1C=C(OS(=O)(=O)C(F)(F)F)CC1. The molecule has 0 bridgehead atoms. The van der Waals surface area contributed by atoms with Crippen molar-refractivity contribution in [2.75, 3.05) is 7.11 Å². The Labute approximate surface area is 102 Å². The summed E-state index contributed by atoms with van der Waals surface area (Å²) in [6.45, 7) is 0. The van der Waals surface area contributed by atoms with Gasteiger partial charge in [-0.1, -0.05) is 0 Å². The molecule has 0 aliphatic heterocycles. The minimum atomic E-state index is -5.62. The molecule has 0 aromatic rings. The van der Waals surface area contributed by atoms with Crippen LogP contribution in [0.25, 0.3) is 0 Å². The maximum atomic E-state index is 12.0. The van der Waals surface area contributed by atoms with Crippen LogP contribution in [0.5, 0.6) is 0 Å². The van der Waals surface area contributed by atoms with E-state index in [1.54, 1.807) is 0 Å². The van der Waals surface area contributed by atoms with Gasteiger partial charge < -0.3 is 8.92 Å². The topological polar surface area (TPSA) is 69.7 Å². The maximum absolute atomic E-state index is 12.0. The molecule has 0 radical (unpaired) electrons. The summed E-state index contributed by atoms with van der Waals surface area (Å²) in [5.41, 5.74) is -5.45. The molecule has 0 saturated carbocycles. The summed E-state index contributed by atoms with van der Waals surface area (Å²) in [6.07, 6.45) is 1.57. The first-order valence-electron chi connectivity index (χ1n) is 4.94. The van der Waals surface area contributed by atoms with Crippen molar-refractivity contribution in [2.24, 2.45) is 5.92 Å². The summed E-state index contributed by atoms with van der Waals surface area (Å²) in [5.74, 6) is -1.17. The Morgan fingerprint density at radius 2 is 2.11 bits per heavy atom. The van der Waals surface area contributed by atoms with Crippen LogP contribution in [0.15, 0.2) is 11.8 Å². The number of hydrogen-bond acceptors (Lipinski definition) is 5. The summed E-state index contributed by atoms with van der Waals surface area (Å²) < 4.78 is 65.9. The third kappa shape index (κ3) is 3.62. The minimum Gasteiger partial charge on any atom is -0.469 e. The van der Waals surface area contributed by atoms with Gasteiger partial charge in [-0.25, -0.2) is 0 Å². The molecule has 0 spiro atoms. The molecular formula is C9H11F3O5S. The molecule has 0 aromatic carbocycles. The van der Waals surface area contributed by atoms with Gasteiger partial charge >= 0.3 is 21.6 Å². The number of allylic oxidation sites excluding steroid dienone is 2. The van der Waals surface area contributed by atoms with Crippen LogP contribution in [-0.4, -0.2) is 27.0 Å². The molecule has 0 fully saturated rings. The summed E-state index contributed by atoms with van der Waals surface area (Å²) >= 11 is 0. The Kier molecular flexibility index (Phi) is 4.25. The fourth-order valence-electron chi connectivity index (χ4n) is 1.47. The van der Waals surface area contributed by atoms with Crippen molar-refractivity contribution in [2.45, 2.75) is 24.8 Å². The van der Waals surface area contributed by atoms with Gasteiger partial charge in [0.2, 0.25) is 0 Å². The van der Waals surface area contributed by atoms with Crippen LogP contribution < -0.4 is 0 Å². The molecule has 0 N–H and O–H groups in total. The lowest BCUT2D eigenvalue weighted by molar-refractivity contribution is -0.141. The van der Waals surface area contributed by atoms with Crippen LogP contribution in [0.2, 0.25) is 0 Å². The van der Waals surface area contributed by atoms with Crippen molar-refractivity contribution in [1.82, 2.24) is 0 Å². The number of halogens is 3. The third-order valence-corrected chi connectivity index (χ3v) is 3.34. The number of carbonyl (C=O) groups excluding carboxylic acids is 1. The van der Waals surface area contributed by atoms with Crippen LogP contribution in [0.4, 0.5) is 13.2 Å². The van der Waals surface area contributed by atoms with E-state index in [2.05, 4.69) is 8.92 Å². The molecule has 18 heavy (non-hydrogen) atoms. The van der Waals surface area contributed by atoms with E-state index in [1.807, 2.05) is 0 Å². The molecule has 1 unspecified atom stereocenters. The zero-order valence-electron chi connectivity index (χ0n) is 9.36. The van der Waals surface area contributed by atoms with E-state index in [9.17, 15) is 26.4 Å². The van der Waals surface area contributed by atoms with E-state index in [0.29, 0.717) is 6.42 Å². The van der Waals surface area contributed by atoms with E-state index in [4.69, 9.17) is 0 Å². The highest BCUT2D eigenvalue weighted by Gasteiger charge is 2.49. The fourth-order valence-corrected chi connectivity index (χ4v) is 1.99. The Bertz CT molecular complexity index is 451. The first-order valence-corrected chi connectivity index (χ1v) is 6.35. The number of methoxy groups -OCH3 is 1. The molecule has 0 heterocycles. The zero-order chi connectivity index (χ0) is 14.0. The number of ether oxygens (including phenoxy) is 1. The lowest BCUT2D eigenvalue weighted by Crippen LogP contribution is -2.25. The summed E-state index contributed by atoms with van der Waals surface area (Å²) in [6, 6.07) is 0. The normalized spacial score (nSPS) is 20.4. The second kappa shape index (κ2) is 5.17. The van der Waals surface area contributed by atoms with Gasteiger partial charge in [0.1, 0.15) is 5.76 Å². The van der Waals surface area contributed by atoms with Gasteiger partial charge in [0.15, 0.2) is 0 Å². The van der Waals surface area contributed by atoms with Crippen molar-refractivity contribution < 1.29 is 35.3 Å². The van der Waals surface area contributed by atoms with E-state index >= 15 is 0 Å². The van der Waals surface area contributed by atoms with Crippen molar-refractivity contribution in [3.8, 4) is 0 Å². The second-order valence-corrected chi connectivity index (χ2v) is 5.23. The Morgan fingerprint density at radius 3 is 2.61 bits per heavy atom. The van der Waals surface area contributed by atoms with Gasteiger partial charge in [-0.2, -0.15) is 21.6 Å². The highest BCUT2D eigenvalue weighted by atomic mass is 32.2. The van der Waals surface area contributed by atoms with Crippen molar-refractivity contribution >= 4 is 16.1 Å². The molecule has 5 nitrogen and oxygen atoms in total. The van der Waals surface area contributed by atoms with E-state index in [-0.39, 0.29) is 24.5 Å². The zero-order valence-corrected chi connectivity index (χ0v) is 10.2. The van der Waals surface area contributed by atoms with Crippen LogP contribution in [-0.2, 0) is 23.8 Å². The van der Waals surface area contributed by atoms with Gasteiger partial charge in [-0.05, 0) is 18.4 Å². The molecule has 1 rings (SSSR count). The molecule has 0 amide bonds. The van der Waals surface area contributed by atoms with E-state index in [0.717, 1.165) is 0 Å². The minimum absolute atomic E-state index is 0.0184. The molecular weight excluding hydrogens is 277 g/mol. The first kappa shape index (κ1) is 14.8. The highest BCUT2D eigenvalue weighted by molar-refractivity contribution is 7.87. The van der Waals surface area contributed by atoms with Crippen molar-refractivity contribution in [1.29, 1.82) is 0 Å². The molecule has 0 aromatic heterocycles. The maximum Gasteiger partial charge on any atom is 0.534 e. The van der Waals surface area contributed by atoms with Gasteiger partial charge in [0, 0.05) is 6.42 Å². The van der Waals surface area contributed by atoms with Crippen molar-refractivity contribution in [3.63, 3.8) is 0 Å². The number of carbonyl (C=O) groups is 1. The van der Waals surface area contributed by atoms with Gasteiger partial charge in [-0.3, -0.25) is 4.79 Å². The molecule has 9 heteroatoms. The fraction of sp³-hybridized carbons (Fsp3) is 0.667. The molecule has 1 atom stereocenters. The predicted octanol–water partition coefficient (Wildman–Crippen LogP) is 1.71. The average Bonchev–Trinajstić information content (AvgIpc) is 2.62. The Morgan fingerprint density at radius 1 is 1.50 bits per heavy atom. The quantitative estimate of drug-likeness (QED) is 0.447. The first-order chi connectivity index (χ1) is 8.15. The lowest BCUT2D eigenvalue weighted by atomic mass is 10.1. The Hall–Kier alpha value is -1.25. The monoisotopic (exact) mass is 288 g/mol. The van der Waals surface area contributed by atoms with Crippen molar-refractivity contribution in [3.05, 3.63) is 11.8 Å².